The molecule has 132 valence electrons. The smallest absolute Gasteiger partial charge is 0.309 e. The van der Waals surface area contributed by atoms with E-state index < -0.39 is 6.10 Å². The Morgan fingerprint density at radius 2 is 1.83 bits per heavy atom. The van der Waals surface area contributed by atoms with E-state index in [1.165, 1.54) is 0 Å². The number of rotatable bonds is 6. The number of carbonyl (C=O) groups excluding carboxylic acids is 2. The Bertz CT molecular complexity index is 553. The maximum absolute atomic E-state index is 12.7. The van der Waals surface area contributed by atoms with Crippen molar-refractivity contribution in [1.82, 2.24) is 4.90 Å². The molecule has 1 aliphatic heterocycles. The van der Waals surface area contributed by atoms with Crippen molar-refractivity contribution in [1.29, 1.82) is 0 Å². The Hall–Kier alpha value is -1.75. The highest BCUT2D eigenvalue weighted by Crippen LogP contribution is 2.22. The van der Waals surface area contributed by atoms with E-state index in [4.69, 9.17) is 21.1 Å². The minimum atomic E-state index is -0.523. The Balaban J connectivity index is 1.90. The quantitative estimate of drug-likeness (QED) is 0.736. The fourth-order valence-electron chi connectivity index (χ4n) is 2.79. The molecule has 0 unspecified atom stereocenters. The van der Waals surface area contributed by atoms with E-state index in [1.54, 1.807) is 36.1 Å². The lowest BCUT2D eigenvalue weighted by molar-refractivity contribution is -0.152. The molecule has 1 atom stereocenters. The molecule has 5 nitrogen and oxygen atoms in total. The molecule has 24 heavy (non-hydrogen) atoms. The van der Waals surface area contributed by atoms with Crippen molar-refractivity contribution < 1.29 is 19.1 Å². The maximum atomic E-state index is 12.7. The molecule has 0 aliphatic carbocycles. The van der Waals surface area contributed by atoms with Crippen LogP contribution in [0.4, 0.5) is 0 Å². The van der Waals surface area contributed by atoms with Crippen LogP contribution in [0.15, 0.2) is 24.3 Å². The molecule has 1 saturated heterocycles. The van der Waals surface area contributed by atoms with Gasteiger partial charge in [0.05, 0.1) is 12.5 Å². The Morgan fingerprint density at radius 3 is 2.38 bits per heavy atom. The first-order chi connectivity index (χ1) is 11.5. The van der Waals surface area contributed by atoms with E-state index in [9.17, 15) is 9.59 Å². The maximum Gasteiger partial charge on any atom is 0.309 e. The monoisotopic (exact) mass is 353 g/mol. The lowest BCUT2D eigenvalue weighted by atomic mass is 9.96. The average Bonchev–Trinajstić information content (AvgIpc) is 2.61. The molecule has 6 heteroatoms. The lowest BCUT2D eigenvalue weighted by Gasteiger charge is -2.33. The van der Waals surface area contributed by atoms with Crippen LogP contribution in [0.1, 0.15) is 33.1 Å². The number of likely N-dealkylation sites (tertiary alicyclic amines) is 1. The standard InChI is InChI=1S/C18H24ClNO4/c1-3-16(24-15-7-5-14(19)6-8-15)17(21)20-11-9-13(10-12-20)18(22)23-4-2/h5-8,13,16H,3-4,9-12H2,1-2H3/t16-/m0/s1. The second kappa shape index (κ2) is 8.92. The van der Waals surface area contributed by atoms with E-state index in [1.807, 2.05) is 6.92 Å². The van der Waals surface area contributed by atoms with Gasteiger partial charge in [0.2, 0.25) is 0 Å². The summed E-state index contributed by atoms with van der Waals surface area (Å²) in [4.78, 5) is 26.2. The molecule has 0 saturated carbocycles. The molecule has 0 radical (unpaired) electrons. The van der Waals surface area contributed by atoms with Crippen LogP contribution in [0.2, 0.25) is 5.02 Å². The van der Waals surface area contributed by atoms with Crippen molar-refractivity contribution in [3.63, 3.8) is 0 Å². The number of nitrogens with zero attached hydrogens (tertiary/aromatic N) is 1. The highest BCUT2D eigenvalue weighted by atomic mass is 35.5. The first-order valence-electron chi connectivity index (χ1n) is 8.42. The summed E-state index contributed by atoms with van der Waals surface area (Å²) < 4.78 is 10.9. The van der Waals surface area contributed by atoms with E-state index in [2.05, 4.69) is 0 Å². The molecule has 1 fully saturated rings. The molecular weight excluding hydrogens is 330 g/mol. The van der Waals surface area contributed by atoms with Gasteiger partial charge in [-0.1, -0.05) is 18.5 Å². The molecule has 0 aromatic heterocycles. The molecule has 1 aromatic carbocycles. The molecular formula is C18H24ClNO4. The van der Waals surface area contributed by atoms with Crippen LogP contribution in [0.3, 0.4) is 0 Å². The van der Waals surface area contributed by atoms with Crippen LogP contribution in [0, 0.1) is 5.92 Å². The zero-order chi connectivity index (χ0) is 17.5. The summed E-state index contributed by atoms with van der Waals surface area (Å²) in [6.07, 6.45) is 1.34. The molecule has 2 rings (SSSR count). The van der Waals surface area contributed by atoms with Gasteiger partial charge in [0.25, 0.3) is 5.91 Å². The highest BCUT2D eigenvalue weighted by Gasteiger charge is 2.31. The fraction of sp³-hybridized carbons (Fsp3) is 0.556. The van der Waals surface area contributed by atoms with E-state index in [0.29, 0.717) is 49.7 Å². The third-order valence-electron chi connectivity index (χ3n) is 4.16. The molecule has 0 bridgehead atoms. The van der Waals surface area contributed by atoms with Gasteiger partial charge in [-0.25, -0.2) is 0 Å². The Kier molecular flexibility index (Phi) is 6.91. The molecule has 1 heterocycles. The summed E-state index contributed by atoms with van der Waals surface area (Å²) in [5.41, 5.74) is 0. The number of amides is 1. The zero-order valence-corrected chi connectivity index (χ0v) is 14.9. The minimum absolute atomic E-state index is 0.0326. The number of carbonyl (C=O) groups is 2. The van der Waals surface area contributed by atoms with Crippen LogP contribution in [0.5, 0.6) is 5.75 Å². The number of hydrogen-bond acceptors (Lipinski definition) is 4. The molecule has 1 aliphatic rings. The predicted molar refractivity (Wildman–Crippen MR) is 92.1 cm³/mol. The lowest BCUT2D eigenvalue weighted by Crippen LogP contribution is -2.46. The van der Waals surface area contributed by atoms with Gasteiger partial charge in [-0.2, -0.15) is 0 Å². The van der Waals surface area contributed by atoms with Crippen LogP contribution in [-0.4, -0.2) is 42.6 Å². The molecule has 1 amide bonds. The minimum Gasteiger partial charge on any atom is -0.481 e. The van der Waals surface area contributed by atoms with Crippen molar-refractivity contribution >= 4 is 23.5 Å². The highest BCUT2D eigenvalue weighted by molar-refractivity contribution is 6.30. The predicted octanol–water partition coefficient (Wildman–Crippen LogP) is 3.30. The van der Waals surface area contributed by atoms with Crippen molar-refractivity contribution in [2.45, 2.75) is 39.2 Å². The summed E-state index contributed by atoms with van der Waals surface area (Å²) in [5, 5.41) is 0.628. The molecule has 0 N–H and O–H groups in total. The number of benzene rings is 1. The molecule has 1 aromatic rings. The number of ether oxygens (including phenoxy) is 2. The number of esters is 1. The van der Waals surface area contributed by atoms with Gasteiger partial charge in [0, 0.05) is 18.1 Å². The van der Waals surface area contributed by atoms with Gasteiger partial charge < -0.3 is 14.4 Å². The fourth-order valence-corrected chi connectivity index (χ4v) is 2.91. The van der Waals surface area contributed by atoms with Crippen LogP contribution >= 0.6 is 11.6 Å². The van der Waals surface area contributed by atoms with Gasteiger partial charge in [0.1, 0.15) is 5.75 Å². The largest absolute Gasteiger partial charge is 0.481 e. The van der Waals surface area contributed by atoms with Gasteiger partial charge in [-0.3, -0.25) is 9.59 Å². The van der Waals surface area contributed by atoms with Crippen LogP contribution in [0.25, 0.3) is 0 Å². The summed E-state index contributed by atoms with van der Waals surface area (Å²) in [7, 11) is 0. The van der Waals surface area contributed by atoms with E-state index in [-0.39, 0.29) is 17.8 Å². The van der Waals surface area contributed by atoms with Crippen molar-refractivity contribution in [3.8, 4) is 5.75 Å². The molecule has 0 spiro atoms. The van der Waals surface area contributed by atoms with E-state index in [0.717, 1.165) is 0 Å². The van der Waals surface area contributed by atoms with Gasteiger partial charge >= 0.3 is 5.97 Å². The van der Waals surface area contributed by atoms with Crippen LogP contribution in [-0.2, 0) is 14.3 Å². The first-order valence-corrected chi connectivity index (χ1v) is 8.80. The third-order valence-corrected chi connectivity index (χ3v) is 4.42. The van der Waals surface area contributed by atoms with Gasteiger partial charge in [-0.05, 0) is 50.5 Å². The SMILES string of the molecule is CCOC(=O)C1CCN(C(=O)[C@H](CC)Oc2ccc(Cl)cc2)CC1. The number of hydrogen-bond donors (Lipinski definition) is 0. The summed E-state index contributed by atoms with van der Waals surface area (Å²) in [6, 6.07) is 6.98. The van der Waals surface area contributed by atoms with Crippen molar-refractivity contribution in [2.24, 2.45) is 5.92 Å². The number of piperidine rings is 1. The van der Waals surface area contributed by atoms with Crippen molar-refractivity contribution in [2.75, 3.05) is 19.7 Å². The van der Waals surface area contributed by atoms with Crippen LogP contribution < -0.4 is 4.74 Å². The second-order valence-electron chi connectivity index (χ2n) is 5.82. The second-order valence-corrected chi connectivity index (χ2v) is 6.26. The van der Waals surface area contributed by atoms with Gasteiger partial charge in [-0.15, -0.1) is 0 Å². The van der Waals surface area contributed by atoms with E-state index >= 15 is 0 Å². The Morgan fingerprint density at radius 1 is 1.21 bits per heavy atom. The summed E-state index contributed by atoms with van der Waals surface area (Å²) >= 11 is 5.86. The first kappa shape index (κ1) is 18.6. The average molecular weight is 354 g/mol. The third kappa shape index (κ3) is 4.87. The Labute approximate surface area is 147 Å². The topological polar surface area (TPSA) is 55.8 Å². The summed E-state index contributed by atoms with van der Waals surface area (Å²) in [6.45, 7) is 5.23. The van der Waals surface area contributed by atoms with Gasteiger partial charge in [0.15, 0.2) is 6.10 Å². The normalized spacial score (nSPS) is 16.5. The number of halogens is 1. The van der Waals surface area contributed by atoms with Crippen molar-refractivity contribution in [3.05, 3.63) is 29.3 Å². The zero-order valence-electron chi connectivity index (χ0n) is 14.2. The summed E-state index contributed by atoms with van der Waals surface area (Å²) in [5.74, 6) is 0.330.